The van der Waals surface area contributed by atoms with Gasteiger partial charge in [0, 0.05) is 36.0 Å². The molecule has 2 aromatic heterocycles. The molecule has 2 N–H and O–H groups in total. The number of rotatable bonds is 6. The number of thiazole rings is 1. The van der Waals surface area contributed by atoms with Crippen LogP contribution in [-0.4, -0.2) is 57.7 Å². The summed E-state index contributed by atoms with van der Waals surface area (Å²) < 4.78 is 19.3. The lowest BCUT2D eigenvalue weighted by molar-refractivity contribution is -0.135. The highest BCUT2D eigenvalue weighted by molar-refractivity contribution is 7.13. The van der Waals surface area contributed by atoms with Crippen LogP contribution in [0.3, 0.4) is 0 Å². The summed E-state index contributed by atoms with van der Waals surface area (Å²) in [5, 5.41) is 18.5. The second-order valence-corrected chi connectivity index (χ2v) is 9.11. The molecular formula is C23H25FN4O4S. The van der Waals surface area contributed by atoms with E-state index >= 15 is 0 Å². The number of nitrogens with one attached hydrogen (secondary N) is 1. The number of carbonyl (C=O) groups excluding carboxylic acids is 2. The van der Waals surface area contributed by atoms with Crippen LogP contribution in [0.15, 0.2) is 34.2 Å². The zero-order valence-electron chi connectivity index (χ0n) is 18.4. The Bertz CT molecular complexity index is 1130. The number of carbonyl (C=O) groups is 2. The van der Waals surface area contributed by atoms with Gasteiger partial charge in [-0.3, -0.25) is 9.59 Å². The van der Waals surface area contributed by atoms with E-state index < -0.39 is 6.61 Å². The zero-order chi connectivity index (χ0) is 23.5. The summed E-state index contributed by atoms with van der Waals surface area (Å²) in [5.74, 6) is -0.285. The van der Waals surface area contributed by atoms with Crippen LogP contribution in [0.5, 0.6) is 0 Å². The Hall–Kier alpha value is -3.11. The SMILES string of the molecule is CC(C)NC(=O)c1csc(-c2c(-c3ccc(F)cc3)noc2C2CCN(C(=O)CO)CC2)n1. The standard InChI is InChI=1S/C23H25FN4O4S/c1-13(2)25-22(31)17-12-33-23(26-17)19-20(14-3-5-16(24)6-4-14)27-32-21(19)15-7-9-28(10-8-15)18(30)11-29/h3-6,12-13,15,29H,7-11H2,1-2H3,(H,25,31). The van der Waals surface area contributed by atoms with Crippen LogP contribution in [0, 0.1) is 5.82 Å². The van der Waals surface area contributed by atoms with Gasteiger partial charge in [-0.05, 0) is 51.0 Å². The summed E-state index contributed by atoms with van der Waals surface area (Å²) >= 11 is 1.32. The maximum Gasteiger partial charge on any atom is 0.270 e. The molecule has 0 spiro atoms. The molecule has 0 radical (unpaired) electrons. The van der Waals surface area contributed by atoms with Gasteiger partial charge >= 0.3 is 0 Å². The zero-order valence-corrected chi connectivity index (χ0v) is 19.2. The van der Waals surface area contributed by atoms with Gasteiger partial charge < -0.3 is 19.8 Å². The van der Waals surface area contributed by atoms with Crippen LogP contribution < -0.4 is 5.32 Å². The van der Waals surface area contributed by atoms with E-state index in [9.17, 15) is 14.0 Å². The molecule has 0 aliphatic carbocycles. The van der Waals surface area contributed by atoms with Crippen LogP contribution in [0.2, 0.25) is 0 Å². The van der Waals surface area contributed by atoms with Crippen molar-refractivity contribution in [3.8, 4) is 21.8 Å². The van der Waals surface area contributed by atoms with Crippen LogP contribution in [-0.2, 0) is 4.79 Å². The summed E-state index contributed by atoms with van der Waals surface area (Å²) in [7, 11) is 0. The third-order valence-electron chi connectivity index (χ3n) is 5.56. The largest absolute Gasteiger partial charge is 0.387 e. The maximum atomic E-state index is 13.5. The van der Waals surface area contributed by atoms with Gasteiger partial charge in [-0.1, -0.05) is 5.16 Å². The van der Waals surface area contributed by atoms with Gasteiger partial charge in [-0.15, -0.1) is 11.3 Å². The van der Waals surface area contributed by atoms with Crippen molar-refractivity contribution in [1.29, 1.82) is 0 Å². The smallest absolute Gasteiger partial charge is 0.270 e. The van der Waals surface area contributed by atoms with Gasteiger partial charge in [-0.2, -0.15) is 0 Å². The summed E-state index contributed by atoms with van der Waals surface area (Å²) in [6, 6.07) is 5.95. The minimum atomic E-state index is -0.507. The van der Waals surface area contributed by atoms with Gasteiger partial charge in [0.2, 0.25) is 5.91 Å². The van der Waals surface area contributed by atoms with Crippen molar-refractivity contribution in [3.63, 3.8) is 0 Å². The van der Waals surface area contributed by atoms with E-state index in [1.807, 2.05) is 13.8 Å². The molecule has 3 aromatic rings. The quantitative estimate of drug-likeness (QED) is 0.569. The molecule has 1 aliphatic heterocycles. The van der Waals surface area contributed by atoms with E-state index in [0.717, 1.165) is 0 Å². The molecule has 174 valence electrons. The van der Waals surface area contributed by atoms with Crippen molar-refractivity contribution in [1.82, 2.24) is 20.4 Å². The Morgan fingerprint density at radius 3 is 2.61 bits per heavy atom. The minimum Gasteiger partial charge on any atom is -0.387 e. The number of nitrogens with zero attached hydrogens (tertiary/aromatic N) is 3. The summed E-state index contributed by atoms with van der Waals surface area (Å²) in [4.78, 5) is 30.4. The second kappa shape index (κ2) is 9.80. The van der Waals surface area contributed by atoms with Crippen molar-refractivity contribution < 1.29 is 23.6 Å². The fraction of sp³-hybridized carbons (Fsp3) is 0.391. The van der Waals surface area contributed by atoms with Crippen LogP contribution in [0.1, 0.15) is 48.9 Å². The van der Waals surface area contributed by atoms with Crippen molar-refractivity contribution in [2.75, 3.05) is 19.7 Å². The Balaban J connectivity index is 1.70. The predicted molar refractivity (Wildman–Crippen MR) is 121 cm³/mol. The number of aromatic nitrogens is 2. The third kappa shape index (κ3) is 4.96. The number of halogens is 1. The van der Waals surface area contributed by atoms with Crippen molar-refractivity contribution in [2.24, 2.45) is 0 Å². The molecule has 1 aromatic carbocycles. The number of likely N-dealkylation sites (tertiary alicyclic amines) is 1. The minimum absolute atomic E-state index is 0.0127. The van der Waals surface area contributed by atoms with Crippen LogP contribution >= 0.6 is 11.3 Å². The number of piperidine rings is 1. The molecule has 1 fully saturated rings. The fourth-order valence-electron chi connectivity index (χ4n) is 3.91. The molecule has 0 atom stereocenters. The van der Waals surface area contributed by atoms with E-state index in [4.69, 9.17) is 9.63 Å². The topological polar surface area (TPSA) is 109 Å². The molecule has 0 unspecified atom stereocenters. The Morgan fingerprint density at radius 1 is 1.27 bits per heavy atom. The van der Waals surface area contributed by atoms with Gasteiger partial charge in [0.1, 0.15) is 28.8 Å². The van der Waals surface area contributed by atoms with E-state index in [-0.39, 0.29) is 29.6 Å². The molecule has 0 bridgehead atoms. The molecule has 1 aliphatic rings. The normalized spacial score (nSPS) is 14.6. The molecule has 1 saturated heterocycles. The lowest BCUT2D eigenvalue weighted by Gasteiger charge is -2.30. The first kappa shape index (κ1) is 23.1. The van der Waals surface area contributed by atoms with Gasteiger partial charge in [0.15, 0.2) is 5.76 Å². The molecule has 33 heavy (non-hydrogen) atoms. The molecule has 0 saturated carbocycles. The Labute approximate surface area is 194 Å². The first-order valence-corrected chi connectivity index (χ1v) is 11.7. The molecule has 10 heteroatoms. The average molecular weight is 473 g/mol. The van der Waals surface area contributed by atoms with E-state index in [1.165, 1.54) is 23.5 Å². The highest BCUT2D eigenvalue weighted by Gasteiger charge is 2.32. The first-order chi connectivity index (χ1) is 15.9. The number of amides is 2. The summed E-state index contributed by atoms with van der Waals surface area (Å²) in [5.41, 5.74) is 2.20. The van der Waals surface area contributed by atoms with Crippen molar-refractivity contribution in [2.45, 2.75) is 38.6 Å². The number of benzene rings is 1. The molecule has 8 nitrogen and oxygen atoms in total. The van der Waals surface area contributed by atoms with Gasteiger partial charge in [0.05, 0.1) is 5.56 Å². The number of aliphatic hydroxyl groups excluding tert-OH is 1. The Kier molecular flexibility index (Phi) is 6.85. The van der Waals surface area contributed by atoms with Gasteiger partial charge in [0.25, 0.3) is 5.91 Å². The third-order valence-corrected chi connectivity index (χ3v) is 6.42. The number of aliphatic hydroxyl groups is 1. The van der Waals surface area contributed by atoms with Crippen LogP contribution in [0.4, 0.5) is 4.39 Å². The highest BCUT2D eigenvalue weighted by Crippen LogP contribution is 2.42. The molecular weight excluding hydrogens is 447 g/mol. The van der Waals surface area contributed by atoms with E-state index in [1.54, 1.807) is 22.4 Å². The van der Waals surface area contributed by atoms with Crippen molar-refractivity contribution in [3.05, 3.63) is 46.9 Å². The first-order valence-electron chi connectivity index (χ1n) is 10.8. The highest BCUT2D eigenvalue weighted by atomic mass is 32.1. The monoisotopic (exact) mass is 472 g/mol. The average Bonchev–Trinajstić information content (AvgIpc) is 3.46. The maximum absolute atomic E-state index is 13.5. The van der Waals surface area contributed by atoms with Gasteiger partial charge in [-0.25, -0.2) is 9.37 Å². The molecule has 3 heterocycles. The second-order valence-electron chi connectivity index (χ2n) is 8.26. The lowest BCUT2D eigenvalue weighted by Crippen LogP contribution is -2.39. The van der Waals surface area contributed by atoms with E-state index in [2.05, 4.69) is 15.5 Å². The molecule has 4 rings (SSSR count). The van der Waals surface area contributed by atoms with E-state index in [0.29, 0.717) is 59.2 Å². The predicted octanol–water partition coefficient (Wildman–Crippen LogP) is 3.44. The number of hydrogen-bond acceptors (Lipinski definition) is 7. The summed E-state index contributed by atoms with van der Waals surface area (Å²) in [6.45, 7) is 4.24. The number of hydrogen-bond donors (Lipinski definition) is 2. The van der Waals surface area contributed by atoms with Crippen LogP contribution in [0.25, 0.3) is 21.8 Å². The summed E-state index contributed by atoms with van der Waals surface area (Å²) in [6.07, 6.45) is 1.28. The molecule has 2 amide bonds. The Morgan fingerprint density at radius 2 is 1.97 bits per heavy atom. The van der Waals surface area contributed by atoms with Crippen molar-refractivity contribution >= 4 is 23.2 Å². The lowest BCUT2D eigenvalue weighted by atomic mass is 9.90. The fourth-order valence-corrected chi connectivity index (χ4v) is 4.76.